The van der Waals surface area contributed by atoms with Crippen LogP contribution in [-0.4, -0.2) is 16.5 Å². The van der Waals surface area contributed by atoms with Gasteiger partial charge in [-0.1, -0.05) is 17.7 Å². The molecular weight excluding hydrogens is 303 g/mol. The highest BCUT2D eigenvalue weighted by molar-refractivity contribution is 8.16. The van der Waals surface area contributed by atoms with Gasteiger partial charge >= 0.3 is 0 Å². The standard InChI is InChI=1S/C16H13FN2O2S/c1-10-2-6-12(7-3-10)18-14-15(20)19(16(21)22-14)13-8-4-11(17)5-9-13/h2-9,14,18H,1H3/t14-/m0/s1. The maximum absolute atomic E-state index is 13.0. The van der Waals surface area contributed by atoms with Crippen molar-refractivity contribution in [1.29, 1.82) is 0 Å². The minimum atomic E-state index is -0.680. The first-order valence-corrected chi connectivity index (χ1v) is 7.56. The van der Waals surface area contributed by atoms with E-state index in [-0.39, 0.29) is 11.1 Å². The molecule has 0 bridgehead atoms. The zero-order valence-electron chi connectivity index (χ0n) is 11.7. The molecule has 112 valence electrons. The number of halogens is 1. The highest BCUT2D eigenvalue weighted by atomic mass is 32.2. The second-order valence-electron chi connectivity index (χ2n) is 4.92. The molecule has 4 nitrogen and oxygen atoms in total. The smallest absolute Gasteiger partial charge is 0.295 e. The predicted octanol–water partition coefficient (Wildman–Crippen LogP) is 3.77. The third-order valence-corrected chi connectivity index (χ3v) is 4.22. The fourth-order valence-corrected chi connectivity index (χ4v) is 3.03. The fraction of sp³-hybridized carbons (Fsp3) is 0.125. The molecule has 22 heavy (non-hydrogen) atoms. The molecule has 1 aliphatic heterocycles. The SMILES string of the molecule is Cc1ccc(N[C@H]2SC(=O)N(c3ccc(F)cc3)C2=O)cc1. The van der Waals surface area contributed by atoms with Crippen molar-refractivity contribution in [2.24, 2.45) is 0 Å². The van der Waals surface area contributed by atoms with Gasteiger partial charge in [-0.25, -0.2) is 9.29 Å². The molecule has 1 N–H and O–H groups in total. The molecule has 2 aromatic rings. The van der Waals surface area contributed by atoms with Crippen LogP contribution in [0.25, 0.3) is 0 Å². The lowest BCUT2D eigenvalue weighted by Gasteiger charge is -2.15. The molecule has 2 amide bonds. The molecule has 1 saturated heterocycles. The number of anilines is 2. The van der Waals surface area contributed by atoms with E-state index in [0.29, 0.717) is 5.69 Å². The Kier molecular flexibility index (Phi) is 3.85. The molecule has 1 fully saturated rings. The van der Waals surface area contributed by atoms with Gasteiger partial charge in [0.1, 0.15) is 5.82 Å². The summed E-state index contributed by atoms with van der Waals surface area (Å²) in [6, 6.07) is 12.8. The Morgan fingerprint density at radius 2 is 1.68 bits per heavy atom. The van der Waals surface area contributed by atoms with Crippen molar-refractivity contribution in [2.75, 3.05) is 10.2 Å². The number of carbonyl (C=O) groups excluding carboxylic acids is 2. The normalized spacial score (nSPS) is 17.9. The topological polar surface area (TPSA) is 49.4 Å². The summed E-state index contributed by atoms with van der Waals surface area (Å²) in [7, 11) is 0. The lowest BCUT2D eigenvalue weighted by molar-refractivity contribution is -0.116. The van der Waals surface area contributed by atoms with Crippen LogP contribution in [0.4, 0.5) is 20.6 Å². The van der Waals surface area contributed by atoms with Crippen LogP contribution < -0.4 is 10.2 Å². The molecule has 0 unspecified atom stereocenters. The Hall–Kier alpha value is -2.34. The number of nitrogens with zero attached hydrogens (tertiary/aromatic N) is 1. The first-order chi connectivity index (χ1) is 10.5. The lowest BCUT2D eigenvalue weighted by Crippen LogP contribution is -2.34. The van der Waals surface area contributed by atoms with Gasteiger partial charge in [-0.05, 0) is 55.1 Å². The van der Waals surface area contributed by atoms with E-state index < -0.39 is 11.2 Å². The first kappa shape index (κ1) is 14.6. The Morgan fingerprint density at radius 3 is 2.32 bits per heavy atom. The maximum Gasteiger partial charge on any atom is 0.295 e. The van der Waals surface area contributed by atoms with E-state index in [2.05, 4.69) is 5.32 Å². The van der Waals surface area contributed by atoms with E-state index in [1.807, 2.05) is 31.2 Å². The summed E-state index contributed by atoms with van der Waals surface area (Å²) in [5.41, 5.74) is 2.25. The number of thioether (sulfide) groups is 1. The molecule has 0 saturated carbocycles. The maximum atomic E-state index is 13.0. The van der Waals surface area contributed by atoms with Crippen LogP contribution in [-0.2, 0) is 4.79 Å². The van der Waals surface area contributed by atoms with E-state index in [1.165, 1.54) is 24.3 Å². The van der Waals surface area contributed by atoms with Crippen molar-refractivity contribution in [2.45, 2.75) is 12.3 Å². The van der Waals surface area contributed by atoms with Crippen molar-refractivity contribution >= 4 is 34.3 Å². The zero-order chi connectivity index (χ0) is 15.7. The highest BCUT2D eigenvalue weighted by Crippen LogP contribution is 2.32. The summed E-state index contributed by atoms with van der Waals surface area (Å²) >= 11 is 0.912. The Bertz CT molecular complexity index is 716. The molecule has 1 atom stereocenters. The molecule has 0 spiro atoms. The third kappa shape index (κ3) is 2.82. The summed E-state index contributed by atoms with van der Waals surface area (Å²) in [5, 5.41) is 1.98. The van der Waals surface area contributed by atoms with Gasteiger partial charge in [0.2, 0.25) is 0 Å². The fourth-order valence-electron chi connectivity index (χ4n) is 2.13. The van der Waals surface area contributed by atoms with Gasteiger partial charge in [0.15, 0.2) is 5.37 Å². The number of imide groups is 1. The average molecular weight is 316 g/mol. The van der Waals surface area contributed by atoms with Crippen LogP contribution in [0.15, 0.2) is 48.5 Å². The number of carbonyl (C=O) groups is 2. The Morgan fingerprint density at radius 1 is 1.05 bits per heavy atom. The number of benzene rings is 2. The first-order valence-electron chi connectivity index (χ1n) is 6.68. The number of rotatable bonds is 3. The number of hydrogen-bond acceptors (Lipinski definition) is 4. The van der Waals surface area contributed by atoms with Gasteiger partial charge in [0.05, 0.1) is 5.69 Å². The quantitative estimate of drug-likeness (QED) is 0.936. The highest BCUT2D eigenvalue weighted by Gasteiger charge is 2.40. The van der Waals surface area contributed by atoms with E-state index in [4.69, 9.17) is 0 Å². The van der Waals surface area contributed by atoms with E-state index in [9.17, 15) is 14.0 Å². The molecule has 1 aliphatic rings. The van der Waals surface area contributed by atoms with Gasteiger partial charge in [0, 0.05) is 5.69 Å². The summed E-state index contributed by atoms with van der Waals surface area (Å²) in [5.74, 6) is -0.771. The summed E-state index contributed by atoms with van der Waals surface area (Å²) in [4.78, 5) is 25.5. The average Bonchev–Trinajstić information content (AvgIpc) is 2.77. The van der Waals surface area contributed by atoms with Crippen LogP contribution in [0.2, 0.25) is 0 Å². The van der Waals surface area contributed by atoms with Crippen molar-refractivity contribution in [3.8, 4) is 0 Å². The molecule has 3 rings (SSSR count). The van der Waals surface area contributed by atoms with Gasteiger partial charge in [-0.15, -0.1) is 0 Å². The molecule has 1 heterocycles. The molecule has 0 aromatic heterocycles. The van der Waals surface area contributed by atoms with E-state index in [1.54, 1.807) is 0 Å². The number of aryl methyl sites for hydroxylation is 1. The molecular formula is C16H13FN2O2S. The number of hydrogen-bond donors (Lipinski definition) is 1. The van der Waals surface area contributed by atoms with Crippen LogP contribution in [0.3, 0.4) is 0 Å². The van der Waals surface area contributed by atoms with Crippen LogP contribution in [0.1, 0.15) is 5.56 Å². The number of nitrogens with one attached hydrogen (secondary N) is 1. The molecule has 0 radical (unpaired) electrons. The second-order valence-corrected chi connectivity index (χ2v) is 5.98. The summed E-state index contributed by atoms with van der Waals surface area (Å²) in [6.45, 7) is 1.97. The van der Waals surface area contributed by atoms with Gasteiger partial charge < -0.3 is 5.32 Å². The van der Waals surface area contributed by atoms with E-state index in [0.717, 1.165) is 27.9 Å². The van der Waals surface area contributed by atoms with Gasteiger partial charge in [-0.3, -0.25) is 9.59 Å². The van der Waals surface area contributed by atoms with Crippen molar-refractivity contribution in [3.05, 3.63) is 59.9 Å². The largest absolute Gasteiger partial charge is 0.365 e. The minimum Gasteiger partial charge on any atom is -0.365 e. The summed E-state index contributed by atoms with van der Waals surface area (Å²) in [6.07, 6.45) is 0. The zero-order valence-corrected chi connectivity index (χ0v) is 12.6. The monoisotopic (exact) mass is 316 g/mol. The van der Waals surface area contributed by atoms with Crippen LogP contribution >= 0.6 is 11.8 Å². The Balaban J connectivity index is 1.79. The molecule has 0 aliphatic carbocycles. The number of amides is 2. The van der Waals surface area contributed by atoms with Gasteiger partial charge in [0.25, 0.3) is 11.1 Å². The van der Waals surface area contributed by atoms with E-state index >= 15 is 0 Å². The van der Waals surface area contributed by atoms with Crippen molar-refractivity contribution in [3.63, 3.8) is 0 Å². The van der Waals surface area contributed by atoms with Crippen LogP contribution in [0, 0.1) is 12.7 Å². The third-order valence-electron chi connectivity index (χ3n) is 3.28. The van der Waals surface area contributed by atoms with Crippen LogP contribution in [0.5, 0.6) is 0 Å². The molecule has 2 aromatic carbocycles. The van der Waals surface area contributed by atoms with Gasteiger partial charge in [-0.2, -0.15) is 0 Å². The summed E-state index contributed by atoms with van der Waals surface area (Å²) < 4.78 is 13.0. The van der Waals surface area contributed by atoms with Crippen molar-refractivity contribution in [1.82, 2.24) is 0 Å². The predicted molar refractivity (Wildman–Crippen MR) is 85.5 cm³/mol. The Labute approximate surface area is 131 Å². The molecule has 6 heteroatoms. The minimum absolute atomic E-state index is 0.359. The second kappa shape index (κ2) is 5.81. The lowest BCUT2D eigenvalue weighted by atomic mass is 10.2. The van der Waals surface area contributed by atoms with Crippen molar-refractivity contribution < 1.29 is 14.0 Å².